The average molecular weight is 228 g/mol. The molecule has 0 saturated carbocycles. The van der Waals surface area contributed by atoms with Gasteiger partial charge in [-0.1, -0.05) is 0 Å². The van der Waals surface area contributed by atoms with Gasteiger partial charge >= 0.3 is 7.69 Å². The van der Waals surface area contributed by atoms with Gasteiger partial charge in [0.1, 0.15) is 0 Å². The molecule has 76 valence electrons. The van der Waals surface area contributed by atoms with E-state index in [1.165, 1.54) is 0 Å². The summed E-state index contributed by atoms with van der Waals surface area (Å²) in [4.78, 5) is 18.0. The topological polar surface area (TPSA) is 115 Å². The van der Waals surface area contributed by atoms with Crippen molar-refractivity contribution in [3.05, 3.63) is 0 Å². The molecule has 0 bridgehead atoms. The molecular weight excluding hydrogens is 218 g/mol. The maximum atomic E-state index is 9.00. The Bertz CT molecular complexity index is 87.7. The van der Waals surface area contributed by atoms with Crippen LogP contribution in [-0.4, -0.2) is 39.9 Å². The molecule has 6 nitrogen and oxygen atoms in total. The fourth-order valence-corrected chi connectivity index (χ4v) is 0. The van der Waals surface area contributed by atoms with Crippen LogP contribution in [0.4, 0.5) is 0 Å². The predicted molar refractivity (Wildman–Crippen MR) is 36.8 cm³/mol. The number of carboxylic acids is 2. The van der Waals surface area contributed by atoms with Gasteiger partial charge in [-0.05, 0) is 0 Å². The van der Waals surface area contributed by atoms with Crippen molar-refractivity contribution in [2.75, 3.05) is 0 Å². The minimum Gasteiger partial charge on any atom is -0.481 e. The van der Waals surface area contributed by atoms with Gasteiger partial charge in [0, 0.05) is 30.9 Å². The summed E-state index contributed by atoms with van der Waals surface area (Å²) in [5.74, 6) is -1.67. The third-order valence-corrected chi connectivity index (χ3v) is 0. The zero-order valence-corrected chi connectivity index (χ0v) is 7.43. The van der Waals surface area contributed by atoms with Crippen LogP contribution in [0.25, 0.3) is 0 Å². The van der Waals surface area contributed by atoms with Gasteiger partial charge in [0.15, 0.2) is 0 Å². The zero-order valence-electron chi connectivity index (χ0n) is 6.48. The summed E-state index contributed by atoms with van der Waals surface area (Å²) in [6, 6.07) is 0. The average Bonchev–Trinajstić information content (AvgIpc) is 1.60. The van der Waals surface area contributed by atoms with Crippen LogP contribution in [0.1, 0.15) is 13.8 Å². The van der Waals surface area contributed by atoms with Gasteiger partial charge in [0.05, 0.1) is 0 Å². The molecule has 0 spiro atoms. The largest absolute Gasteiger partial charge is 0.482 e. The smallest absolute Gasteiger partial charge is 0.481 e. The second kappa shape index (κ2) is 22.4. The van der Waals surface area contributed by atoms with Gasteiger partial charge in [0.25, 0.3) is 11.9 Å². The van der Waals surface area contributed by atoms with Gasteiger partial charge in [-0.15, -0.1) is 0 Å². The molecule has 0 aromatic rings. The Kier molecular flexibility index (Phi) is 42.1. The van der Waals surface area contributed by atoms with Gasteiger partial charge in [-0.2, -0.15) is 0 Å². The van der Waals surface area contributed by atoms with Gasteiger partial charge in [-0.3, -0.25) is 9.59 Å². The van der Waals surface area contributed by atoms with Crippen LogP contribution in [0.3, 0.4) is 0 Å². The first kappa shape index (κ1) is 22.5. The summed E-state index contributed by atoms with van der Waals surface area (Å²) >= 11 is 0. The van der Waals surface area contributed by atoms with E-state index in [1.807, 2.05) is 0 Å². The molecule has 0 aliphatic carbocycles. The third kappa shape index (κ3) is 2180. The summed E-state index contributed by atoms with van der Waals surface area (Å²) in [6.45, 7) is 2.17. The SMILES string of the molecule is CC(=O)O.CC(=O)O.O[B]O.[Cu]. The normalized spacial score (nSPS) is 5.33. The van der Waals surface area contributed by atoms with E-state index in [1.54, 1.807) is 0 Å². The van der Waals surface area contributed by atoms with E-state index in [0.717, 1.165) is 13.8 Å². The minimum absolute atomic E-state index is 0. The number of hydrogen-bond donors (Lipinski definition) is 4. The second-order valence-electron chi connectivity index (χ2n) is 1.15. The third-order valence-electron chi connectivity index (χ3n) is 0. The molecule has 12 heavy (non-hydrogen) atoms. The summed E-state index contributed by atoms with van der Waals surface area (Å²) in [6.07, 6.45) is 0. The molecule has 0 aliphatic rings. The molecule has 4 N–H and O–H groups in total. The first-order valence-electron chi connectivity index (χ1n) is 2.37. The van der Waals surface area contributed by atoms with Gasteiger partial charge < -0.3 is 20.3 Å². The molecule has 2 radical (unpaired) electrons. The van der Waals surface area contributed by atoms with E-state index in [9.17, 15) is 0 Å². The molecule has 0 rings (SSSR count). The molecule has 0 aromatic carbocycles. The fourth-order valence-electron chi connectivity index (χ4n) is 0. The number of carboxylic acid groups (broad SMARTS) is 2. The molecule has 0 atom stereocenters. The van der Waals surface area contributed by atoms with E-state index in [2.05, 4.69) is 0 Å². The Balaban J connectivity index is -0.0000000389. The summed E-state index contributed by atoms with van der Waals surface area (Å²) < 4.78 is 0. The molecule has 0 fully saturated rings. The summed E-state index contributed by atoms with van der Waals surface area (Å²) in [7, 11) is 0. The maximum Gasteiger partial charge on any atom is 0.482 e. The fraction of sp³-hybridized carbons (Fsp3) is 0.500. The van der Waals surface area contributed by atoms with E-state index in [-0.39, 0.29) is 24.8 Å². The van der Waals surface area contributed by atoms with Crippen LogP contribution in [-0.2, 0) is 26.7 Å². The van der Waals surface area contributed by atoms with Crippen molar-refractivity contribution in [3.8, 4) is 0 Å². The van der Waals surface area contributed by atoms with E-state index < -0.39 is 11.9 Å². The van der Waals surface area contributed by atoms with Gasteiger partial charge in [0.2, 0.25) is 0 Å². The van der Waals surface area contributed by atoms with E-state index >= 15 is 0 Å². The quantitative estimate of drug-likeness (QED) is 0.383. The van der Waals surface area contributed by atoms with E-state index in [0.29, 0.717) is 0 Å². The van der Waals surface area contributed by atoms with Crippen molar-refractivity contribution in [1.82, 2.24) is 0 Å². The molecule has 0 heterocycles. The molecule has 0 aliphatic heterocycles. The Labute approximate surface area is 81.0 Å². The molecular formula is C4H10BCuO6. The van der Waals surface area contributed by atoms with Crippen LogP contribution in [0.15, 0.2) is 0 Å². The van der Waals surface area contributed by atoms with E-state index in [4.69, 9.17) is 29.9 Å². The monoisotopic (exact) mass is 228 g/mol. The van der Waals surface area contributed by atoms with Crippen LogP contribution < -0.4 is 0 Å². The standard InChI is InChI=1S/2C2H4O2.BH2O2.Cu/c2*1-2(3)4;2-1-3;/h2*1H3,(H,3,4);2-3H;. The van der Waals surface area contributed by atoms with Crippen molar-refractivity contribution < 1.29 is 46.9 Å². The zero-order chi connectivity index (χ0) is 9.86. The van der Waals surface area contributed by atoms with Crippen molar-refractivity contribution in [2.45, 2.75) is 13.8 Å². The second-order valence-corrected chi connectivity index (χ2v) is 1.15. The van der Waals surface area contributed by atoms with Crippen molar-refractivity contribution >= 4 is 19.6 Å². The van der Waals surface area contributed by atoms with Gasteiger partial charge in [-0.25, -0.2) is 0 Å². The molecule has 0 saturated heterocycles. The van der Waals surface area contributed by atoms with Crippen molar-refractivity contribution in [3.63, 3.8) is 0 Å². The van der Waals surface area contributed by atoms with Crippen LogP contribution in [0.2, 0.25) is 0 Å². The van der Waals surface area contributed by atoms with Crippen molar-refractivity contribution in [1.29, 1.82) is 0 Å². The first-order chi connectivity index (χ1) is 4.88. The number of rotatable bonds is 0. The Morgan fingerprint density at radius 3 is 1.00 bits per heavy atom. The predicted octanol–water partition coefficient (Wildman–Crippen LogP) is -1.32. The Morgan fingerprint density at radius 2 is 1.00 bits per heavy atom. The van der Waals surface area contributed by atoms with Crippen molar-refractivity contribution in [2.24, 2.45) is 0 Å². The summed E-state index contributed by atoms with van der Waals surface area (Å²) in [5.41, 5.74) is 0. The Morgan fingerprint density at radius 1 is 1.00 bits per heavy atom. The number of hydrogen-bond acceptors (Lipinski definition) is 4. The molecule has 0 unspecified atom stereocenters. The van der Waals surface area contributed by atoms with Crippen LogP contribution in [0.5, 0.6) is 0 Å². The maximum absolute atomic E-state index is 9.00. The molecule has 8 heteroatoms. The minimum atomic E-state index is -0.833. The Hall–Kier alpha value is -0.556. The van der Waals surface area contributed by atoms with Crippen LogP contribution >= 0.6 is 0 Å². The molecule has 0 aromatic heterocycles. The number of carbonyl (C=O) groups is 2. The molecule has 0 amide bonds. The first-order valence-corrected chi connectivity index (χ1v) is 2.37. The summed E-state index contributed by atoms with van der Waals surface area (Å²) in [5, 5.41) is 28.8. The van der Waals surface area contributed by atoms with Crippen LogP contribution in [0, 0.1) is 0 Å². The number of aliphatic carboxylic acids is 2.